The molecule has 2 aromatic carbocycles. The van der Waals surface area contributed by atoms with Crippen LogP contribution < -0.4 is 0 Å². The first-order chi connectivity index (χ1) is 8.56. The highest BCUT2D eigenvalue weighted by Gasteiger charge is 2.10. The second kappa shape index (κ2) is 5.94. The fourth-order valence-corrected chi connectivity index (χ4v) is 2.24. The van der Waals surface area contributed by atoms with E-state index in [9.17, 15) is 5.11 Å². The van der Waals surface area contributed by atoms with Crippen molar-refractivity contribution in [1.82, 2.24) is 0 Å². The van der Waals surface area contributed by atoms with Crippen LogP contribution in [0.4, 0.5) is 0 Å². The number of rotatable bonds is 3. The summed E-state index contributed by atoms with van der Waals surface area (Å²) in [5, 5.41) is 11.7. The second-order valence-electron chi connectivity index (χ2n) is 4.02. The van der Waals surface area contributed by atoms with Crippen LogP contribution in [-0.2, 0) is 6.42 Å². The minimum Gasteiger partial charge on any atom is -0.388 e. The van der Waals surface area contributed by atoms with Crippen LogP contribution in [0, 0.1) is 0 Å². The predicted molar refractivity (Wildman–Crippen MR) is 76.6 cm³/mol. The predicted octanol–water partition coefficient (Wildman–Crippen LogP) is 4.92. The minimum absolute atomic E-state index is 0.444. The average Bonchev–Trinajstić information content (AvgIpc) is 2.32. The Morgan fingerprint density at radius 1 is 0.944 bits per heavy atom. The third kappa shape index (κ3) is 3.39. The molecule has 0 amide bonds. The molecule has 0 fully saturated rings. The van der Waals surface area contributed by atoms with E-state index in [0.717, 1.165) is 11.1 Å². The summed E-state index contributed by atoms with van der Waals surface area (Å²) in [7, 11) is 0. The van der Waals surface area contributed by atoms with Gasteiger partial charge in [0, 0.05) is 11.4 Å². The number of hydrogen-bond acceptors (Lipinski definition) is 1. The van der Waals surface area contributed by atoms with Crippen molar-refractivity contribution < 1.29 is 5.11 Å². The van der Waals surface area contributed by atoms with Crippen molar-refractivity contribution in [2.24, 2.45) is 0 Å². The van der Waals surface area contributed by atoms with E-state index in [1.807, 2.05) is 18.2 Å². The van der Waals surface area contributed by atoms with Gasteiger partial charge in [-0.05, 0) is 35.4 Å². The summed E-state index contributed by atoms with van der Waals surface area (Å²) in [6.45, 7) is 0. The Morgan fingerprint density at radius 2 is 1.72 bits per heavy atom. The van der Waals surface area contributed by atoms with Crippen molar-refractivity contribution in [3.8, 4) is 0 Å². The third-order valence-electron chi connectivity index (χ3n) is 2.65. The lowest BCUT2D eigenvalue weighted by Gasteiger charge is -2.12. The molecule has 0 saturated heterocycles. The molecule has 0 aliphatic carbocycles. The summed E-state index contributed by atoms with van der Waals surface area (Å²) in [5.41, 5.74) is 1.71. The molecule has 2 aromatic rings. The minimum atomic E-state index is -0.627. The summed E-state index contributed by atoms with van der Waals surface area (Å²) < 4.78 is 0. The molecule has 0 aromatic heterocycles. The van der Waals surface area contributed by atoms with Gasteiger partial charge in [0.05, 0.1) is 16.1 Å². The second-order valence-corrected chi connectivity index (χ2v) is 5.27. The fourth-order valence-electron chi connectivity index (χ4n) is 1.72. The molecule has 94 valence electrons. The lowest BCUT2D eigenvalue weighted by Crippen LogP contribution is -2.01. The molecule has 1 nitrogen and oxygen atoms in total. The first-order valence-electron chi connectivity index (χ1n) is 5.44. The summed E-state index contributed by atoms with van der Waals surface area (Å²) >= 11 is 17.7. The molecule has 1 N–H and O–H groups in total. The van der Waals surface area contributed by atoms with E-state index < -0.39 is 6.10 Å². The van der Waals surface area contributed by atoms with E-state index in [2.05, 4.69) is 0 Å². The Morgan fingerprint density at radius 3 is 2.39 bits per heavy atom. The van der Waals surface area contributed by atoms with E-state index >= 15 is 0 Å². The van der Waals surface area contributed by atoms with Crippen LogP contribution >= 0.6 is 34.8 Å². The van der Waals surface area contributed by atoms with E-state index in [0.29, 0.717) is 21.5 Å². The molecular formula is C14H11Cl3O. The molecule has 4 heteroatoms. The maximum Gasteiger partial charge on any atom is 0.0830 e. The number of benzene rings is 2. The van der Waals surface area contributed by atoms with Gasteiger partial charge in [-0.25, -0.2) is 0 Å². The third-order valence-corrected chi connectivity index (χ3v) is 3.62. The maximum atomic E-state index is 10.1. The van der Waals surface area contributed by atoms with Crippen LogP contribution in [0.25, 0.3) is 0 Å². The smallest absolute Gasteiger partial charge is 0.0830 e. The summed E-state index contributed by atoms with van der Waals surface area (Å²) in [6, 6.07) is 12.5. The molecule has 0 bridgehead atoms. The van der Waals surface area contributed by atoms with Crippen molar-refractivity contribution in [2.45, 2.75) is 12.5 Å². The van der Waals surface area contributed by atoms with Crippen LogP contribution in [0.2, 0.25) is 15.1 Å². The zero-order valence-electron chi connectivity index (χ0n) is 9.41. The Kier molecular flexibility index (Phi) is 4.52. The van der Waals surface area contributed by atoms with Crippen molar-refractivity contribution >= 4 is 34.8 Å². The zero-order chi connectivity index (χ0) is 13.1. The van der Waals surface area contributed by atoms with E-state index in [1.165, 1.54) is 0 Å². The lowest BCUT2D eigenvalue weighted by molar-refractivity contribution is 0.178. The van der Waals surface area contributed by atoms with Crippen LogP contribution in [0.3, 0.4) is 0 Å². The maximum absolute atomic E-state index is 10.1. The first-order valence-corrected chi connectivity index (χ1v) is 6.57. The zero-order valence-corrected chi connectivity index (χ0v) is 11.7. The molecule has 0 radical (unpaired) electrons. The van der Waals surface area contributed by atoms with Gasteiger partial charge in [0.25, 0.3) is 0 Å². The van der Waals surface area contributed by atoms with Gasteiger partial charge in [0.2, 0.25) is 0 Å². The van der Waals surface area contributed by atoms with Gasteiger partial charge in [-0.3, -0.25) is 0 Å². The molecule has 0 aliphatic heterocycles. The SMILES string of the molecule is OC(Cc1cccc(Cl)c1)c1ccc(Cl)c(Cl)c1. The molecule has 0 heterocycles. The van der Waals surface area contributed by atoms with Crippen molar-refractivity contribution in [1.29, 1.82) is 0 Å². The van der Waals surface area contributed by atoms with Crippen LogP contribution in [0.1, 0.15) is 17.2 Å². The van der Waals surface area contributed by atoms with Gasteiger partial charge >= 0.3 is 0 Å². The quantitative estimate of drug-likeness (QED) is 0.853. The number of aliphatic hydroxyl groups is 1. The van der Waals surface area contributed by atoms with Crippen molar-refractivity contribution in [2.75, 3.05) is 0 Å². The van der Waals surface area contributed by atoms with Crippen LogP contribution in [-0.4, -0.2) is 5.11 Å². The van der Waals surface area contributed by atoms with Gasteiger partial charge in [-0.1, -0.05) is 53.0 Å². The van der Waals surface area contributed by atoms with E-state index in [-0.39, 0.29) is 0 Å². The van der Waals surface area contributed by atoms with Crippen molar-refractivity contribution in [3.63, 3.8) is 0 Å². The highest BCUT2D eigenvalue weighted by atomic mass is 35.5. The molecule has 1 atom stereocenters. The normalized spacial score (nSPS) is 12.4. The average molecular weight is 302 g/mol. The Balaban J connectivity index is 2.16. The lowest BCUT2D eigenvalue weighted by atomic mass is 10.0. The standard InChI is InChI=1S/C14H11Cl3O/c15-11-3-1-2-9(6-11)7-14(18)10-4-5-12(16)13(17)8-10/h1-6,8,14,18H,7H2. The molecule has 2 rings (SSSR count). The van der Waals surface area contributed by atoms with Crippen molar-refractivity contribution in [3.05, 3.63) is 68.7 Å². The Labute approximate surface area is 121 Å². The molecule has 0 saturated carbocycles. The number of hydrogen-bond donors (Lipinski definition) is 1. The van der Waals surface area contributed by atoms with Crippen LogP contribution in [0.15, 0.2) is 42.5 Å². The molecule has 1 unspecified atom stereocenters. The van der Waals surface area contributed by atoms with Gasteiger partial charge in [0.15, 0.2) is 0 Å². The summed E-state index contributed by atoms with van der Waals surface area (Å²) in [6.07, 6.45) is -0.142. The molecule has 0 spiro atoms. The fraction of sp³-hybridized carbons (Fsp3) is 0.143. The Bertz CT molecular complexity index is 554. The first kappa shape index (κ1) is 13.7. The Hall–Kier alpha value is -0.730. The van der Waals surface area contributed by atoms with Gasteiger partial charge in [-0.15, -0.1) is 0 Å². The molecular weight excluding hydrogens is 291 g/mol. The monoisotopic (exact) mass is 300 g/mol. The number of halogens is 3. The highest BCUT2D eigenvalue weighted by Crippen LogP contribution is 2.27. The summed E-state index contributed by atoms with van der Waals surface area (Å²) in [4.78, 5) is 0. The molecule has 0 aliphatic rings. The van der Waals surface area contributed by atoms with E-state index in [1.54, 1.807) is 24.3 Å². The van der Waals surface area contributed by atoms with Crippen LogP contribution in [0.5, 0.6) is 0 Å². The van der Waals surface area contributed by atoms with Gasteiger partial charge in [-0.2, -0.15) is 0 Å². The highest BCUT2D eigenvalue weighted by molar-refractivity contribution is 6.42. The van der Waals surface area contributed by atoms with E-state index in [4.69, 9.17) is 34.8 Å². The van der Waals surface area contributed by atoms with Gasteiger partial charge in [0.1, 0.15) is 0 Å². The van der Waals surface area contributed by atoms with Gasteiger partial charge < -0.3 is 5.11 Å². The topological polar surface area (TPSA) is 20.2 Å². The largest absolute Gasteiger partial charge is 0.388 e. The number of aliphatic hydroxyl groups excluding tert-OH is 1. The summed E-state index contributed by atoms with van der Waals surface area (Å²) in [5.74, 6) is 0. The molecule has 18 heavy (non-hydrogen) atoms.